The van der Waals surface area contributed by atoms with Gasteiger partial charge in [0.2, 0.25) is 10.0 Å². The number of rotatable bonds is 6. The molecular weight excluding hydrogens is 260 g/mol. The number of nitrogens with one attached hydrogen (secondary N) is 2. The molecule has 0 amide bonds. The monoisotopic (exact) mass is 282 g/mol. The molecule has 2 rings (SSSR count). The van der Waals surface area contributed by atoms with Crippen LogP contribution in [-0.4, -0.2) is 20.2 Å². The van der Waals surface area contributed by atoms with Gasteiger partial charge >= 0.3 is 0 Å². The average Bonchev–Trinajstić information content (AvgIpc) is 3.11. The maximum atomic E-state index is 11.4. The quantitative estimate of drug-likeness (QED) is 0.843. The summed E-state index contributed by atoms with van der Waals surface area (Å²) in [5.74, 6) is 0.0857. The zero-order chi connectivity index (χ0) is 14.1. The van der Waals surface area contributed by atoms with Crippen molar-refractivity contribution in [2.45, 2.75) is 39.7 Å². The molecule has 0 spiro atoms. The van der Waals surface area contributed by atoms with Crippen LogP contribution in [0.3, 0.4) is 0 Å². The third-order valence-electron chi connectivity index (χ3n) is 4.01. The number of anilines is 2. The van der Waals surface area contributed by atoms with Gasteiger partial charge in [0.25, 0.3) is 0 Å². The largest absolute Gasteiger partial charge is 0.382 e. The summed E-state index contributed by atoms with van der Waals surface area (Å²) in [6.07, 6.45) is 2.55. The van der Waals surface area contributed by atoms with Crippen molar-refractivity contribution in [2.75, 3.05) is 15.8 Å². The lowest BCUT2D eigenvalue weighted by Crippen LogP contribution is -2.24. The topological polar surface area (TPSA) is 58.2 Å². The molecule has 19 heavy (non-hydrogen) atoms. The van der Waals surface area contributed by atoms with E-state index in [9.17, 15) is 8.42 Å². The van der Waals surface area contributed by atoms with Gasteiger partial charge in [0.1, 0.15) is 0 Å². The van der Waals surface area contributed by atoms with E-state index < -0.39 is 10.0 Å². The fourth-order valence-corrected chi connectivity index (χ4v) is 2.58. The average molecular weight is 282 g/mol. The van der Waals surface area contributed by atoms with Gasteiger partial charge in [0.15, 0.2) is 0 Å². The molecule has 1 aromatic carbocycles. The van der Waals surface area contributed by atoms with Crippen molar-refractivity contribution < 1.29 is 8.42 Å². The number of benzene rings is 1. The predicted octanol–water partition coefficient (Wildman–Crippen LogP) is 3.05. The van der Waals surface area contributed by atoms with E-state index >= 15 is 0 Å². The zero-order valence-corrected chi connectivity index (χ0v) is 12.5. The minimum Gasteiger partial charge on any atom is -0.382 e. The van der Waals surface area contributed by atoms with Gasteiger partial charge in [0.05, 0.1) is 5.75 Å². The Morgan fingerprint density at radius 3 is 2.21 bits per heavy atom. The van der Waals surface area contributed by atoms with Crippen LogP contribution in [0.1, 0.15) is 33.6 Å². The summed E-state index contributed by atoms with van der Waals surface area (Å²) in [5.41, 5.74) is 2.06. The lowest BCUT2D eigenvalue weighted by atomic mass is 10.0. The fourth-order valence-electron chi connectivity index (χ4n) is 1.94. The van der Waals surface area contributed by atoms with Crippen LogP contribution < -0.4 is 10.0 Å². The maximum Gasteiger partial charge on any atom is 0.232 e. The first-order chi connectivity index (χ1) is 8.85. The van der Waals surface area contributed by atoms with Crippen LogP contribution in [0, 0.1) is 5.41 Å². The molecule has 0 saturated heterocycles. The van der Waals surface area contributed by atoms with Crippen molar-refractivity contribution in [3.05, 3.63) is 24.3 Å². The normalized spacial score (nSPS) is 18.7. The minimum atomic E-state index is -3.19. The number of hydrogen-bond donors (Lipinski definition) is 2. The molecule has 1 aliphatic rings. The molecule has 0 aliphatic heterocycles. The van der Waals surface area contributed by atoms with Gasteiger partial charge in [-0.1, -0.05) is 6.92 Å². The van der Waals surface area contributed by atoms with Gasteiger partial charge in [-0.3, -0.25) is 4.72 Å². The maximum absolute atomic E-state index is 11.4. The van der Waals surface area contributed by atoms with E-state index in [1.54, 1.807) is 19.1 Å². The van der Waals surface area contributed by atoms with Gasteiger partial charge in [0, 0.05) is 17.4 Å². The van der Waals surface area contributed by atoms with Crippen molar-refractivity contribution in [3.63, 3.8) is 0 Å². The van der Waals surface area contributed by atoms with Crippen molar-refractivity contribution in [3.8, 4) is 0 Å². The van der Waals surface area contributed by atoms with Crippen LogP contribution in [0.5, 0.6) is 0 Å². The molecule has 1 atom stereocenters. The fraction of sp³-hybridized carbons (Fsp3) is 0.571. The Morgan fingerprint density at radius 1 is 1.21 bits per heavy atom. The van der Waals surface area contributed by atoms with Gasteiger partial charge in [-0.2, -0.15) is 0 Å². The molecule has 1 unspecified atom stereocenters. The van der Waals surface area contributed by atoms with E-state index in [1.165, 1.54) is 12.8 Å². The molecule has 0 aromatic heterocycles. The Balaban J connectivity index is 1.98. The van der Waals surface area contributed by atoms with E-state index in [0.717, 1.165) is 5.69 Å². The summed E-state index contributed by atoms with van der Waals surface area (Å²) in [5, 5.41) is 3.47. The Hall–Kier alpha value is -1.23. The summed E-state index contributed by atoms with van der Waals surface area (Å²) in [7, 11) is -3.19. The Labute approximate surface area is 115 Å². The van der Waals surface area contributed by atoms with E-state index in [-0.39, 0.29) is 5.75 Å². The molecule has 0 bridgehead atoms. The third-order valence-corrected chi connectivity index (χ3v) is 5.31. The summed E-state index contributed by atoms with van der Waals surface area (Å²) in [6, 6.07) is 7.84. The predicted molar refractivity (Wildman–Crippen MR) is 80.0 cm³/mol. The van der Waals surface area contributed by atoms with Crippen molar-refractivity contribution in [2.24, 2.45) is 5.41 Å². The van der Waals surface area contributed by atoms with Crippen LogP contribution >= 0.6 is 0 Å². The van der Waals surface area contributed by atoms with Crippen LogP contribution in [0.25, 0.3) is 0 Å². The Bertz CT molecular complexity index is 533. The first-order valence-electron chi connectivity index (χ1n) is 6.72. The van der Waals surface area contributed by atoms with Crippen molar-refractivity contribution in [1.82, 2.24) is 0 Å². The highest BCUT2D eigenvalue weighted by molar-refractivity contribution is 7.92. The molecule has 4 nitrogen and oxygen atoms in total. The Kier molecular flexibility index (Phi) is 3.76. The summed E-state index contributed by atoms with van der Waals surface area (Å²) < 4.78 is 25.4. The van der Waals surface area contributed by atoms with Crippen molar-refractivity contribution in [1.29, 1.82) is 0 Å². The van der Waals surface area contributed by atoms with Gasteiger partial charge in [-0.15, -0.1) is 0 Å². The molecule has 2 N–H and O–H groups in total. The van der Waals surface area contributed by atoms with Gasteiger partial charge in [-0.05, 0) is 56.4 Å². The molecule has 1 saturated carbocycles. The number of sulfonamides is 1. The standard InChI is InChI=1S/C14H22N2O2S/c1-4-19(17,18)16-13-7-5-12(6-8-13)15-11(2)14(3)9-10-14/h5-8,11,15-16H,4,9-10H2,1-3H3. The summed E-state index contributed by atoms with van der Waals surface area (Å²) >= 11 is 0. The highest BCUT2D eigenvalue weighted by Crippen LogP contribution is 2.48. The second-order valence-corrected chi connectivity index (χ2v) is 7.61. The molecular formula is C14H22N2O2S. The molecule has 106 valence electrons. The lowest BCUT2D eigenvalue weighted by Gasteiger charge is -2.21. The molecule has 1 aromatic rings. The van der Waals surface area contributed by atoms with Gasteiger partial charge < -0.3 is 5.32 Å². The van der Waals surface area contributed by atoms with Crippen molar-refractivity contribution >= 4 is 21.4 Å². The van der Waals surface area contributed by atoms with Crippen LogP contribution in [0.15, 0.2) is 24.3 Å². The molecule has 0 heterocycles. The van der Waals surface area contributed by atoms with E-state index in [4.69, 9.17) is 0 Å². The van der Waals surface area contributed by atoms with Crippen LogP contribution in [-0.2, 0) is 10.0 Å². The highest BCUT2D eigenvalue weighted by Gasteiger charge is 2.42. The third kappa shape index (κ3) is 3.62. The molecule has 5 heteroatoms. The SMILES string of the molecule is CCS(=O)(=O)Nc1ccc(NC(C)C2(C)CC2)cc1. The molecule has 1 fully saturated rings. The second-order valence-electron chi connectivity index (χ2n) is 5.60. The summed E-state index contributed by atoms with van der Waals surface area (Å²) in [6.45, 7) is 6.10. The van der Waals surface area contributed by atoms with Gasteiger partial charge in [-0.25, -0.2) is 8.42 Å². The first-order valence-corrected chi connectivity index (χ1v) is 8.37. The Morgan fingerprint density at radius 2 is 1.74 bits per heavy atom. The first kappa shape index (κ1) is 14.2. The second kappa shape index (κ2) is 5.04. The smallest absolute Gasteiger partial charge is 0.232 e. The zero-order valence-electron chi connectivity index (χ0n) is 11.7. The van der Waals surface area contributed by atoms with E-state index in [0.29, 0.717) is 17.1 Å². The minimum absolute atomic E-state index is 0.0857. The van der Waals surface area contributed by atoms with E-state index in [2.05, 4.69) is 23.9 Å². The number of hydrogen-bond acceptors (Lipinski definition) is 3. The summed E-state index contributed by atoms with van der Waals surface area (Å²) in [4.78, 5) is 0. The molecule has 1 aliphatic carbocycles. The molecule has 0 radical (unpaired) electrons. The highest BCUT2D eigenvalue weighted by atomic mass is 32.2. The lowest BCUT2D eigenvalue weighted by molar-refractivity contribution is 0.493. The van der Waals surface area contributed by atoms with E-state index in [1.807, 2.05) is 12.1 Å². The van der Waals surface area contributed by atoms with Crippen LogP contribution in [0.2, 0.25) is 0 Å². The van der Waals surface area contributed by atoms with Crippen LogP contribution in [0.4, 0.5) is 11.4 Å².